The second-order valence-corrected chi connectivity index (χ2v) is 5.50. The fourth-order valence-corrected chi connectivity index (χ4v) is 2.31. The average Bonchev–Trinajstić information content (AvgIpc) is 2.39. The molecule has 0 aromatic heterocycles. The fourth-order valence-electron chi connectivity index (χ4n) is 1.28. The van der Waals surface area contributed by atoms with E-state index in [1.54, 1.807) is 6.92 Å². The lowest BCUT2D eigenvalue weighted by Gasteiger charge is -2.07. The number of carbonyl (C=O) groups is 1. The highest BCUT2D eigenvalue weighted by molar-refractivity contribution is 7.89. The summed E-state index contributed by atoms with van der Waals surface area (Å²) in [6, 6.07) is 5.81. The summed E-state index contributed by atoms with van der Waals surface area (Å²) in [5.74, 6) is 4.85. The first kappa shape index (κ1) is 16.0. The van der Waals surface area contributed by atoms with E-state index in [4.69, 9.17) is 9.84 Å². The van der Waals surface area contributed by atoms with Crippen LogP contribution in [0.4, 0.5) is 0 Å². The van der Waals surface area contributed by atoms with Crippen molar-refractivity contribution in [3.8, 4) is 17.6 Å². The van der Waals surface area contributed by atoms with Crippen molar-refractivity contribution >= 4 is 16.0 Å². The van der Waals surface area contributed by atoms with Gasteiger partial charge in [-0.3, -0.25) is 4.79 Å². The van der Waals surface area contributed by atoms with Gasteiger partial charge in [-0.1, -0.05) is 5.92 Å². The summed E-state index contributed by atoms with van der Waals surface area (Å²) in [5, 5.41) is 8.46. The Balaban J connectivity index is 2.65. The first-order chi connectivity index (χ1) is 9.45. The second kappa shape index (κ2) is 7.53. The zero-order valence-electron chi connectivity index (χ0n) is 10.9. The molecule has 2 N–H and O–H groups in total. The number of hydrogen-bond donors (Lipinski definition) is 2. The number of rotatable bonds is 7. The molecule has 108 valence electrons. The first-order valence-corrected chi connectivity index (χ1v) is 7.28. The first-order valence-electron chi connectivity index (χ1n) is 5.79. The van der Waals surface area contributed by atoms with Crippen LogP contribution in [-0.4, -0.2) is 32.6 Å². The Morgan fingerprint density at radius 1 is 1.35 bits per heavy atom. The van der Waals surface area contributed by atoms with E-state index in [0.717, 1.165) is 0 Å². The van der Waals surface area contributed by atoms with Crippen LogP contribution >= 0.6 is 0 Å². The number of sulfonamides is 1. The minimum absolute atomic E-state index is 0.0526. The molecule has 0 bridgehead atoms. The van der Waals surface area contributed by atoms with Gasteiger partial charge in [0.15, 0.2) is 0 Å². The lowest BCUT2D eigenvalue weighted by molar-refractivity contribution is -0.136. The van der Waals surface area contributed by atoms with E-state index >= 15 is 0 Å². The molecule has 0 spiro atoms. The van der Waals surface area contributed by atoms with E-state index in [2.05, 4.69) is 16.6 Å². The maximum Gasteiger partial charge on any atom is 0.304 e. The van der Waals surface area contributed by atoms with Crippen molar-refractivity contribution in [1.82, 2.24) is 4.72 Å². The zero-order chi connectivity index (χ0) is 15.0. The van der Waals surface area contributed by atoms with Crippen molar-refractivity contribution in [3.05, 3.63) is 24.3 Å². The van der Waals surface area contributed by atoms with Gasteiger partial charge in [0.1, 0.15) is 12.4 Å². The van der Waals surface area contributed by atoms with E-state index < -0.39 is 16.0 Å². The van der Waals surface area contributed by atoms with Crippen molar-refractivity contribution in [1.29, 1.82) is 0 Å². The quantitative estimate of drug-likeness (QED) is 0.728. The van der Waals surface area contributed by atoms with Gasteiger partial charge in [-0.15, -0.1) is 5.92 Å². The summed E-state index contributed by atoms with van der Waals surface area (Å²) in [6.45, 7) is 1.78. The number of nitrogens with one attached hydrogen (secondary N) is 1. The maximum absolute atomic E-state index is 11.8. The van der Waals surface area contributed by atoms with Crippen molar-refractivity contribution in [3.63, 3.8) is 0 Å². The van der Waals surface area contributed by atoms with Crippen LogP contribution in [0.2, 0.25) is 0 Å². The normalized spacial score (nSPS) is 10.4. The minimum Gasteiger partial charge on any atom is -0.481 e. The molecule has 0 atom stereocenters. The molecule has 0 amide bonds. The van der Waals surface area contributed by atoms with Crippen molar-refractivity contribution < 1.29 is 23.1 Å². The van der Waals surface area contributed by atoms with Gasteiger partial charge in [0, 0.05) is 6.54 Å². The number of carboxylic acids is 1. The molecule has 0 aliphatic rings. The molecule has 6 nitrogen and oxygen atoms in total. The van der Waals surface area contributed by atoms with E-state index in [-0.39, 0.29) is 24.5 Å². The van der Waals surface area contributed by atoms with Crippen LogP contribution in [0.15, 0.2) is 29.2 Å². The summed E-state index contributed by atoms with van der Waals surface area (Å²) in [7, 11) is -3.69. The minimum atomic E-state index is -3.69. The van der Waals surface area contributed by atoms with Gasteiger partial charge in [-0.2, -0.15) is 0 Å². The molecule has 0 aliphatic carbocycles. The SMILES string of the molecule is CC#CCOc1ccc(S(=O)(=O)NCCC(=O)O)cc1. The molecular weight excluding hydrogens is 282 g/mol. The van der Waals surface area contributed by atoms with Gasteiger partial charge in [-0.05, 0) is 31.2 Å². The molecule has 1 rings (SSSR count). The molecule has 0 saturated carbocycles. The highest BCUT2D eigenvalue weighted by Gasteiger charge is 2.13. The molecule has 1 aromatic rings. The Bertz CT molecular complexity index is 610. The van der Waals surface area contributed by atoms with E-state index in [1.165, 1.54) is 24.3 Å². The predicted molar refractivity (Wildman–Crippen MR) is 72.8 cm³/mol. The van der Waals surface area contributed by atoms with E-state index in [0.29, 0.717) is 5.75 Å². The van der Waals surface area contributed by atoms with Crippen molar-refractivity contribution in [2.75, 3.05) is 13.2 Å². The number of benzene rings is 1. The second-order valence-electron chi connectivity index (χ2n) is 3.73. The van der Waals surface area contributed by atoms with Gasteiger partial charge in [0.05, 0.1) is 11.3 Å². The van der Waals surface area contributed by atoms with E-state index in [9.17, 15) is 13.2 Å². The van der Waals surface area contributed by atoms with Crippen LogP contribution in [0.25, 0.3) is 0 Å². The Morgan fingerprint density at radius 2 is 2.00 bits per heavy atom. The van der Waals surface area contributed by atoms with Gasteiger partial charge in [-0.25, -0.2) is 13.1 Å². The molecule has 0 saturated heterocycles. The molecular formula is C13H15NO5S. The van der Waals surface area contributed by atoms with E-state index in [1.807, 2.05) is 0 Å². The molecule has 0 aliphatic heterocycles. The summed E-state index contributed by atoms with van der Waals surface area (Å²) in [6.07, 6.45) is -0.268. The Morgan fingerprint density at radius 3 is 2.55 bits per heavy atom. The van der Waals surface area contributed by atoms with Crippen LogP contribution in [-0.2, 0) is 14.8 Å². The third-order valence-corrected chi connectivity index (χ3v) is 3.73. The van der Waals surface area contributed by atoms with Gasteiger partial charge >= 0.3 is 5.97 Å². The maximum atomic E-state index is 11.8. The van der Waals surface area contributed by atoms with Gasteiger partial charge in [0.25, 0.3) is 0 Å². The smallest absolute Gasteiger partial charge is 0.304 e. The number of ether oxygens (including phenoxy) is 1. The zero-order valence-corrected chi connectivity index (χ0v) is 11.7. The van der Waals surface area contributed by atoms with Crippen LogP contribution in [0.3, 0.4) is 0 Å². The fraction of sp³-hybridized carbons (Fsp3) is 0.308. The Kier molecular flexibility index (Phi) is 6.03. The average molecular weight is 297 g/mol. The highest BCUT2D eigenvalue weighted by atomic mass is 32.2. The monoisotopic (exact) mass is 297 g/mol. The van der Waals surface area contributed by atoms with Crippen LogP contribution in [0.5, 0.6) is 5.75 Å². The van der Waals surface area contributed by atoms with Crippen molar-refractivity contribution in [2.24, 2.45) is 0 Å². The molecule has 20 heavy (non-hydrogen) atoms. The largest absolute Gasteiger partial charge is 0.481 e. The topological polar surface area (TPSA) is 92.7 Å². The Hall–Kier alpha value is -2.04. The third-order valence-electron chi connectivity index (χ3n) is 2.25. The molecule has 0 radical (unpaired) electrons. The number of aliphatic carboxylic acids is 1. The number of carboxylic acid groups (broad SMARTS) is 1. The number of hydrogen-bond acceptors (Lipinski definition) is 4. The summed E-state index contributed by atoms with van der Waals surface area (Å²) in [4.78, 5) is 10.4. The summed E-state index contributed by atoms with van der Waals surface area (Å²) < 4.78 is 31.1. The molecule has 0 heterocycles. The van der Waals surface area contributed by atoms with Gasteiger partial charge < -0.3 is 9.84 Å². The van der Waals surface area contributed by atoms with Crippen LogP contribution in [0, 0.1) is 11.8 Å². The highest BCUT2D eigenvalue weighted by Crippen LogP contribution is 2.15. The molecule has 7 heteroatoms. The molecule has 0 unspecified atom stereocenters. The Labute approximate surface area is 117 Å². The van der Waals surface area contributed by atoms with Gasteiger partial charge in [0.2, 0.25) is 10.0 Å². The third kappa shape index (κ3) is 5.30. The molecule has 1 aromatic carbocycles. The van der Waals surface area contributed by atoms with Crippen LogP contribution < -0.4 is 9.46 Å². The van der Waals surface area contributed by atoms with Crippen LogP contribution in [0.1, 0.15) is 13.3 Å². The predicted octanol–water partition coefficient (Wildman–Crippen LogP) is 0.842. The van der Waals surface area contributed by atoms with Crippen molar-refractivity contribution in [2.45, 2.75) is 18.2 Å². The lowest BCUT2D eigenvalue weighted by atomic mass is 10.3. The summed E-state index contributed by atoms with van der Waals surface area (Å²) in [5.41, 5.74) is 0. The lowest BCUT2D eigenvalue weighted by Crippen LogP contribution is -2.26. The standard InChI is InChI=1S/C13H15NO5S/c1-2-3-10-19-11-4-6-12(7-5-11)20(17,18)14-9-8-13(15)16/h4-7,14H,8-10H2,1H3,(H,15,16). The molecule has 0 fully saturated rings. The summed E-state index contributed by atoms with van der Waals surface area (Å²) >= 11 is 0.